The van der Waals surface area contributed by atoms with E-state index >= 15 is 0 Å². The number of halogens is 3. The number of rotatable bonds is 4. The fourth-order valence-electron chi connectivity index (χ4n) is 3.00. The minimum absolute atomic E-state index is 0.0281. The van der Waals surface area contributed by atoms with Crippen LogP contribution in [0.1, 0.15) is 51.8 Å². The van der Waals surface area contributed by atoms with Crippen LogP contribution in [0.3, 0.4) is 0 Å². The molecule has 3 aromatic rings. The van der Waals surface area contributed by atoms with Gasteiger partial charge >= 0.3 is 6.18 Å². The second-order valence-corrected chi connectivity index (χ2v) is 6.88. The fraction of sp³-hybridized carbons (Fsp3) is 0.444. The lowest BCUT2D eigenvalue weighted by Gasteiger charge is -2.15. The Bertz CT molecular complexity index is 1050. The van der Waals surface area contributed by atoms with E-state index in [1.54, 1.807) is 0 Å². The van der Waals surface area contributed by atoms with Gasteiger partial charge in [0.05, 0.1) is 11.7 Å². The molecule has 0 bridgehead atoms. The van der Waals surface area contributed by atoms with Gasteiger partial charge in [0.1, 0.15) is 5.69 Å². The van der Waals surface area contributed by atoms with E-state index in [2.05, 4.69) is 20.5 Å². The lowest BCUT2D eigenvalue weighted by molar-refractivity contribution is -0.142. The molecule has 3 heterocycles. The van der Waals surface area contributed by atoms with Crippen molar-refractivity contribution in [2.24, 2.45) is 0 Å². The van der Waals surface area contributed by atoms with E-state index in [1.807, 2.05) is 32.4 Å². The number of carbonyl (C=O) groups is 1. The second kappa shape index (κ2) is 6.92. The van der Waals surface area contributed by atoms with Gasteiger partial charge in [-0.3, -0.25) is 9.48 Å². The lowest BCUT2D eigenvalue weighted by atomic mass is 10.2. The molecule has 0 aliphatic carbocycles. The summed E-state index contributed by atoms with van der Waals surface area (Å²) >= 11 is 0. The number of fused-ring (bicyclic) bond motifs is 1. The molecule has 150 valence electrons. The van der Waals surface area contributed by atoms with Gasteiger partial charge in [-0.05, 0) is 46.2 Å². The van der Waals surface area contributed by atoms with Gasteiger partial charge in [0, 0.05) is 24.0 Å². The average molecular weight is 394 g/mol. The molecule has 10 heteroatoms. The van der Waals surface area contributed by atoms with E-state index in [0.717, 1.165) is 23.0 Å². The van der Waals surface area contributed by atoms with E-state index in [1.165, 1.54) is 13.0 Å². The molecule has 0 radical (unpaired) electrons. The number of nitrogens with zero attached hydrogens (tertiary/aromatic N) is 5. The third-order valence-electron chi connectivity index (χ3n) is 4.74. The van der Waals surface area contributed by atoms with Gasteiger partial charge in [0.2, 0.25) is 0 Å². The average Bonchev–Trinajstić information content (AvgIpc) is 3.14. The Balaban J connectivity index is 1.81. The molecule has 0 fully saturated rings. The number of hydrogen-bond acceptors (Lipinski definition) is 4. The monoisotopic (exact) mass is 394 g/mol. The molecule has 0 spiro atoms. The smallest absolute Gasteiger partial charge is 0.349 e. The standard InChI is InChI=1S/C18H21F3N6O/c1-9-6-15(18(19,20)21)27-16(23-9)7-14(25-27)17(28)22-8-10(2)26-13(5)11(3)12(4)24-26/h6-7,10H,8H2,1-5H3,(H,22,28). The van der Waals surface area contributed by atoms with Crippen LogP contribution in [0.25, 0.3) is 5.65 Å². The van der Waals surface area contributed by atoms with Gasteiger partial charge in [0.25, 0.3) is 5.91 Å². The van der Waals surface area contributed by atoms with Crippen LogP contribution in [0, 0.1) is 27.7 Å². The van der Waals surface area contributed by atoms with Crippen molar-refractivity contribution in [2.45, 2.75) is 46.8 Å². The summed E-state index contributed by atoms with van der Waals surface area (Å²) in [7, 11) is 0. The topological polar surface area (TPSA) is 77.1 Å². The number of aryl methyl sites for hydroxylation is 2. The van der Waals surface area contributed by atoms with Gasteiger partial charge in [-0.1, -0.05) is 0 Å². The third kappa shape index (κ3) is 3.58. The summed E-state index contributed by atoms with van der Waals surface area (Å²) in [5, 5.41) is 11.0. The molecule has 0 aromatic carbocycles. The Labute approximate surface area is 159 Å². The van der Waals surface area contributed by atoms with Crippen LogP contribution in [0.5, 0.6) is 0 Å². The Hall–Kier alpha value is -2.91. The summed E-state index contributed by atoms with van der Waals surface area (Å²) in [4.78, 5) is 16.5. The molecule has 3 aromatic heterocycles. The highest BCUT2D eigenvalue weighted by molar-refractivity contribution is 5.93. The van der Waals surface area contributed by atoms with Gasteiger partial charge < -0.3 is 5.32 Å². The number of hydrogen-bond donors (Lipinski definition) is 1. The van der Waals surface area contributed by atoms with Crippen LogP contribution < -0.4 is 5.32 Å². The zero-order chi connectivity index (χ0) is 20.8. The molecule has 0 saturated heterocycles. The van der Waals surface area contributed by atoms with Crippen molar-refractivity contribution < 1.29 is 18.0 Å². The molecule has 3 rings (SSSR count). The molecule has 0 aliphatic heterocycles. The first-order valence-electron chi connectivity index (χ1n) is 8.74. The number of nitrogens with one attached hydrogen (secondary N) is 1. The zero-order valence-electron chi connectivity index (χ0n) is 16.2. The molecule has 28 heavy (non-hydrogen) atoms. The predicted molar refractivity (Wildman–Crippen MR) is 96.2 cm³/mol. The largest absolute Gasteiger partial charge is 0.433 e. The maximum Gasteiger partial charge on any atom is 0.433 e. The van der Waals surface area contributed by atoms with Crippen LogP contribution >= 0.6 is 0 Å². The Morgan fingerprint density at radius 1 is 1.18 bits per heavy atom. The molecule has 0 aliphatic rings. The van der Waals surface area contributed by atoms with Crippen LogP contribution in [0.2, 0.25) is 0 Å². The highest BCUT2D eigenvalue weighted by Gasteiger charge is 2.35. The highest BCUT2D eigenvalue weighted by Crippen LogP contribution is 2.29. The minimum atomic E-state index is -4.60. The SMILES string of the molecule is Cc1cc(C(F)(F)F)n2nc(C(=O)NCC(C)n3nc(C)c(C)c3C)cc2n1. The maximum absolute atomic E-state index is 13.2. The van der Waals surface area contributed by atoms with Crippen LogP contribution in [0.15, 0.2) is 12.1 Å². The first-order chi connectivity index (χ1) is 13.0. The van der Waals surface area contributed by atoms with E-state index in [-0.39, 0.29) is 29.6 Å². The fourth-order valence-corrected chi connectivity index (χ4v) is 3.00. The first kappa shape index (κ1) is 19.8. The van der Waals surface area contributed by atoms with E-state index < -0.39 is 17.8 Å². The summed E-state index contributed by atoms with van der Waals surface area (Å²) in [6, 6.07) is 2.02. The van der Waals surface area contributed by atoms with Gasteiger partial charge in [0.15, 0.2) is 11.3 Å². The number of amides is 1. The molecule has 1 N–H and O–H groups in total. The van der Waals surface area contributed by atoms with Crippen molar-refractivity contribution in [1.82, 2.24) is 29.7 Å². The lowest BCUT2D eigenvalue weighted by Crippen LogP contribution is -2.30. The van der Waals surface area contributed by atoms with Crippen LogP contribution in [-0.2, 0) is 6.18 Å². The molecular weight excluding hydrogens is 373 g/mol. The summed E-state index contributed by atoms with van der Waals surface area (Å²) < 4.78 is 42.1. The van der Waals surface area contributed by atoms with Crippen molar-refractivity contribution in [2.75, 3.05) is 6.54 Å². The zero-order valence-corrected chi connectivity index (χ0v) is 16.2. The Morgan fingerprint density at radius 2 is 1.86 bits per heavy atom. The molecule has 7 nitrogen and oxygen atoms in total. The molecule has 1 amide bonds. The summed E-state index contributed by atoms with van der Waals surface area (Å²) in [6.45, 7) is 9.45. The second-order valence-electron chi connectivity index (χ2n) is 6.88. The van der Waals surface area contributed by atoms with Gasteiger partial charge in [-0.15, -0.1) is 0 Å². The van der Waals surface area contributed by atoms with E-state index in [0.29, 0.717) is 4.52 Å². The molecule has 0 saturated carbocycles. The van der Waals surface area contributed by atoms with Gasteiger partial charge in [-0.2, -0.15) is 23.4 Å². The summed E-state index contributed by atoms with van der Waals surface area (Å²) in [5.74, 6) is -0.568. The third-order valence-corrected chi connectivity index (χ3v) is 4.74. The Kier molecular flexibility index (Phi) is 4.90. The van der Waals surface area contributed by atoms with E-state index in [4.69, 9.17) is 0 Å². The minimum Gasteiger partial charge on any atom is -0.349 e. The molecule has 1 atom stereocenters. The maximum atomic E-state index is 13.2. The number of aromatic nitrogens is 5. The summed E-state index contributed by atoms with van der Waals surface area (Å²) in [6.07, 6.45) is -4.60. The van der Waals surface area contributed by atoms with Crippen molar-refractivity contribution >= 4 is 11.6 Å². The van der Waals surface area contributed by atoms with Crippen molar-refractivity contribution in [1.29, 1.82) is 0 Å². The Morgan fingerprint density at radius 3 is 2.43 bits per heavy atom. The van der Waals surface area contributed by atoms with Crippen molar-refractivity contribution in [3.05, 3.63) is 46.2 Å². The highest BCUT2D eigenvalue weighted by atomic mass is 19.4. The van der Waals surface area contributed by atoms with Gasteiger partial charge in [-0.25, -0.2) is 9.50 Å². The van der Waals surface area contributed by atoms with Crippen LogP contribution in [0.4, 0.5) is 13.2 Å². The molecular formula is C18H21F3N6O. The summed E-state index contributed by atoms with van der Waals surface area (Å²) in [5.41, 5.74) is 2.07. The van der Waals surface area contributed by atoms with Crippen molar-refractivity contribution in [3.8, 4) is 0 Å². The van der Waals surface area contributed by atoms with Crippen molar-refractivity contribution in [3.63, 3.8) is 0 Å². The van der Waals surface area contributed by atoms with E-state index in [9.17, 15) is 18.0 Å². The quantitative estimate of drug-likeness (QED) is 0.737. The first-order valence-corrected chi connectivity index (χ1v) is 8.74. The van der Waals surface area contributed by atoms with Crippen LogP contribution in [-0.4, -0.2) is 36.8 Å². The predicted octanol–water partition coefficient (Wildman–Crippen LogP) is 3.17. The number of alkyl halides is 3. The molecule has 1 unspecified atom stereocenters. The normalized spacial score (nSPS) is 13.1. The number of carbonyl (C=O) groups excluding carboxylic acids is 1.